The Bertz CT molecular complexity index is 1060. The molecule has 3 N–H and O–H groups in total. The first-order valence-electron chi connectivity index (χ1n) is 9.44. The van der Waals surface area contributed by atoms with E-state index < -0.39 is 0 Å². The van der Waals surface area contributed by atoms with Gasteiger partial charge in [0, 0.05) is 21.8 Å². The number of thioether (sulfide) groups is 1. The summed E-state index contributed by atoms with van der Waals surface area (Å²) >= 11 is 1.61. The van der Waals surface area contributed by atoms with Crippen LogP contribution in [0.5, 0.6) is 0 Å². The third kappa shape index (κ3) is 5.87. The van der Waals surface area contributed by atoms with E-state index in [9.17, 15) is 4.79 Å². The summed E-state index contributed by atoms with van der Waals surface area (Å²) in [7, 11) is 0. The van der Waals surface area contributed by atoms with Gasteiger partial charge in [0.15, 0.2) is 12.4 Å². The van der Waals surface area contributed by atoms with E-state index in [0.717, 1.165) is 27.4 Å². The lowest BCUT2D eigenvalue weighted by molar-refractivity contribution is -0.120. The Balaban J connectivity index is 1.57. The number of carbonyl (C=O) groups is 1. The molecule has 1 aromatic heterocycles. The van der Waals surface area contributed by atoms with Crippen molar-refractivity contribution < 1.29 is 9.63 Å². The zero-order valence-corrected chi connectivity index (χ0v) is 18.1. The van der Waals surface area contributed by atoms with Gasteiger partial charge in [-0.1, -0.05) is 29.4 Å². The van der Waals surface area contributed by atoms with Gasteiger partial charge in [-0.3, -0.25) is 9.48 Å². The fourth-order valence-corrected chi connectivity index (χ4v) is 3.41. The van der Waals surface area contributed by atoms with Crippen LogP contribution >= 0.6 is 11.8 Å². The van der Waals surface area contributed by atoms with Gasteiger partial charge in [0.2, 0.25) is 0 Å². The Morgan fingerprint density at radius 2 is 2.00 bits per heavy atom. The van der Waals surface area contributed by atoms with E-state index in [2.05, 4.69) is 15.6 Å². The SMILES string of the molecule is CSc1cccc(NC(=O)CO/N=C(/N)c2cccc(Cn3nc(C)cc3C)c2)c1. The quantitative estimate of drug-likeness (QED) is 0.250. The molecule has 0 spiro atoms. The largest absolute Gasteiger partial charge is 0.384 e. The molecular weight excluding hydrogens is 398 g/mol. The lowest BCUT2D eigenvalue weighted by Crippen LogP contribution is -2.19. The molecule has 3 aromatic rings. The lowest BCUT2D eigenvalue weighted by atomic mass is 10.1. The van der Waals surface area contributed by atoms with E-state index in [1.807, 2.05) is 79.4 Å². The Hall–Kier alpha value is -3.26. The molecule has 0 unspecified atom stereocenters. The van der Waals surface area contributed by atoms with Crippen LogP contribution in [0.15, 0.2) is 64.6 Å². The maximum absolute atomic E-state index is 12.1. The van der Waals surface area contributed by atoms with Gasteiger partial charge in [0.05, 0.1) is 12.2 Å². The van der Waals surface area contributed by atoms with Crippen molar-refractivity contribution >= 4 is 29.2 Å². The number of amidine groups is 1. The van der Waals surface area contributed by atoms with Gasteiger partial charge in [-0.05, 0) is 56.0 Å². The van der Waals surface area contributed by atoms with Crippen molar-refractivity contribution in [3.8, 4) is 0 Å². The molecule has 7 nitrogen and oxygen atoms in total. The average molecular weight is 424 g/mol. The molecule has 2 aromatic carbocycles. The van der Waals surface area contributed by atoms with Crippen molar-refractivity contribution in [3.63, 3.8) is 0 Å². The Labute approximate surface area is 180 Å². The summed E-state index contributed by atoms with van der Waals surface area (Å²) in [5.41, 5.74) is 10.6. The lowest BCUT2D eigenvalue weighted by Gasteiger charge is -2.08. The van der Waals surface area contributed by atoms with Gasteiger partial charge in [-0.15, -0.1) is 11.8 Å². The smallest absolute Gasteiger partial charge is 0.265 e. The first kappa shape index (κ1) is 21.4. The second kappa shape index (κ2) is 9.98. The Morgan fingerprint density at radius 3 is 2.73 bits per heavy atom. The second-order valence-corrected chi connectivity index (χ2v) is 7.69. The number of aryl methyl sites for hydroxylation is 2. The third-order valence-corrected chi connectivity index (χ3v) is 5.10. The van der Waals surface area contributed by atoms with Gasteiger partial charge in [0.25, 0.3) is 5.91 Å². The average Bonchev–Trinajstić information content (AvgIpc) is 3.04. The van der Waals surface area contributed by atoms with Crippen LogP contribution < -0.4 is 11.1 Å². The van der Waals surface area contributed by atoms with Crippen LogP contribution in [-0.4, -0.2) is 34.4 Å². The molecule has 0 atom stereocenters. The molecule has 0 radical (unpaired) electrons. The highest BCUT2D eigenvalue weighted by atomic mass is 32.2. The molecule has 0 bridgehead atoms. The number of hydrogen-bond acceptors (Lipinski definition) is 5. The highest BCUT2D eigenvalue weighted by Crippen LogP contribution is 2.18. The normalized spacial score (nSPS) is 11.4. The molecule has 156 valence electrons. The number of anilines is 1. The fraction of sp³-hybridized carbons (Fsp3) is 0.227. The molecule has 3 rings (SSSR count). The monoisotopic (exact) mass is 423 g/mol. The second-order valence-electron chi connectivity index (χ2n) is 6.82. The molecule has 30 heavy (non-hydrogen) atoms. The molecule has 0 saturated carbocycles. The zero-order valence-electron chi connectivity index (χ0n) is 17.3. The van der Waals surface area contributed by atoms with E-state index in [1.165, 1.54) is 0 Å². The molecule has 0 aliphatic carbocycles. The van der Waals surface area contributed by atoms with Crippen molar-refractivity contribution in [2.45, 2.75) is 25.3 Å². The number of aromatic nitrogens is 2. The van der Waals surface area contributed by atoms with Crippen molar-refractivity contribution in [3.05, 3.63) is 77.1 Å². The van der Waals surface area contributed by atoms with Gasteiger partial charge in [0.1, 0.15) is 0 Å². The molecule has 1 heterocycles. The van der Waals surface area contributed by atoms with E-state index in [4.69, 9.17) is 10.6 Å². The minimum atomic E-state index is -0.303. The number of oxime groups is 1. The number of rotatable bonds is 8. The third-order valence-electron chi connectivity index (χ3n) is 4.37. The number of hydrogen-bond donors (Lipinski definition) is 2. The van der Waals surface area contributed by atoms with Crippen LogP contribution in [0.1, 0.15) is 22.5 Å². The highest BCUT2D eigenvalue weighted by Gasteiger charge is 2.07. The first-order chi connectivity index (χ1) is 14.4. The maximum atomic E-state index is 12.1. The summed E-state index contributed by atoms with van der Waals surface area (Å²) in [4.78, 5) is 18.3. The van der Waals surface area contributed by atoms with E-state index in [1.54, 1.807) is 11.8 Å². The number of nitrogens with one attached hydrogen (secondary N) is 1. The first-order valence-corrected chi connectivity index (χ1v) is 10.7. The van der Waals surface area contributed by atoms with Crippen molar-refractivity contribution in [2.75, 3.05) is 18.2 Å². The molecule has 0 aliphatic rings. The van der Waals surface area contributed by atoms with Crippen LogP contribution in [0.3, 0.4) is 0 Å². The zero-order chi connectivity index (χ0) is 21.5. The van der Waals surface area contributed by atoms with Crippen LogP contribution in [0, 0.1) is 13.8 Å². The summed E-state index contributed by atoms with van der Waals surface area (Å²) in [6.45, 7) is 4.40. The summed E-state index contributed by atoms with van der Waals surface area (Å²) < 4.78 is 1.94. The van der Waals surface area contributed by atoms with Crippen molar-refractivity contribution in [2.24, 2.45) is 10.9 Å². The Kier molecular flexibility index (Phi) is 7.13. The Morgan fingerprint density at radius 1 is 1.20 bits per heavy atom. The number of amides is 1. The number of nitrogens with two attached hydrogens (primary N) is 1. The topological polar surface area (TPSA) is 94.5 Å². The van der Waals surface area contributed by atoms with Crippen LogP contribution in [-0.2, 0) is 16.2 Å². The standard InChI is InChI=1S/C22H25N5O2S/c1-15-10-16(2)27(25-15)13-17-6-4-7-18(11-17)22(23)26-29-14-21(28)24-19-8-5-9-20(12-19)30-3/h4-12H,13-14H2,1-3H3,(H2,23,26)(H,24,28). The summed E-state index contributed by atoms with van der Waals surface area (Å²) in [5.74, 6) is -0.0921. The summed E-state index contributed by atoms with van der Waals surface area (Å²) in [5, 5.41) is 11.1. The van der Waals surface area contributed by atoms with Gasteiger partial charge < -0.3 is 15.9 Å². The van der Waals surface area contributed by atoms with E-state index in [-0.39, 0.29) is 18.3 Å². The maximum Gasteiger partial charge on any atom is 0.265 e. The van der Waals surface area contributed by atoms with Crippen molar-refractivity contribution in [1.29, 1.82) is 0 Å². The molecular formula is C22H25N5O2S. The molecule has 0 fully saturated rings. The number of benzene rings is 2. The minimum Gasteiger partial charge on any atom is -0.384 e. The minimum absolute atomic E-state index is 0.211. The fourth-order valence-electron chi connectivity index (χ4n) is 2.95. The summed E-state index contributed by atoms with van der Waals surface area (Å²) in [6.07, 6.45) is 1.98. The number of carbonyl (C=O) groups excluding carboxylic acids is 1. The molecule has 0 aliphatic heterocycles. The summed E-state index contributed by atoms with van der Waals surface area (Å²) in [6, 6.07) is 17.3. The van der Waals surface area contributed by atoms with Gasteiger partial charge >= 0.3 is 0 Å². The highest BCUT2D eigenvalue weighted by molar-refractivity contribution is 7.98. The predicted octanol–water partition coefficient (Wildman–Crippen LogP) is 3.55. The molecule has 0 saturated heterocycles. The van der Waals surface area contributed by atoms with Gasteiger partial charge in [-0.2, -0.15) is 5.10 Å². The molecule has 8 heteroatoms. The van der Waals surface area contributed by atoms with E-state index in [0.29, 0.717) is 12.2 Å². The van der Waals surface area contributed by atoms with Gasteiger partial charge in [-0.25, -0.2) is 0 Å². The van der Waals surface area contributed by atoms with Crippen molar-refractivity contribution in [1.82, 2.24) is 9.78 Å². The van der Waals surface area contributed by atoms with E-state index >= 15 is 0 Å². The van der Waals surface area contributed by atoms with Crippen LogP contribution in [0.25, 0.3) is 0 Å². The van der Waals surface area contributed by atoms with Crippen LogP contribution in [0.4, 0.5) is 5.69 Å². The number of nitrogens with zero attached hydrogens (tertiary/aromatic N) is 3. The predicted molar refractivity (Wildman–Crippen MR) is 121 cm³/mol. The van der Waals surface area contributed by atoms with Crippen LogP contribution in [0.2, 0.25) is 0 Å². The molecule has 1 amide bonds.